The second kappa shape index (κ2) is 7.34. The Kier molecular flexibility index (Phi) is 4.58. The summed E-state index contributed by atoms with van der Waals surface area (Å²) in [4.78, 5) is 14.9. The summed E-state index contributed by atoms with van der Waals surface area (Å²) in [5.74, 6) is 1.56. The molecule has 0 atom stereocenters. The second-order valence-electron chi connectivity index (χ2n) is 5.69. The molecule has 0 aliphatic carbocycles. The molecule has 136 valence electrons. The van der Waals surface area contributed by atoms with Crippen LogP contribution in [0.25, 0.3) is 34.4 Å². The first-order valence-corrected chi connectivity index (χ1v) is 8.98. The summed E-state index contributed by atoms with van der Waals surface area (Å²) in [7, 11) is 0. The van der Waals surface area contributed by atoms with E-state index >= 15 is 0 Å². The maximum atomic E-state index is 10.9. The number of nitriles is 1. The molecule has 0 aliphatic heterocycles. The van der Waals surface area contributed by atoms with Crippen molar-refractivity contribution in [2.24, 2.45) is 0 Å². The zero-order valence-corrected chi connectivity index (χ0v) is 15.1. The summed E-state index contributed by atoms with van der Waals surface area (Å²) in [5.41, 5.74) is 1.57. The molecular formula is C20H11N3O4S. The Morgan fingerprint density at radius 1 is 1.21 bits per heavy atom. The van der Waals surface area contributed by atoms with Crippen LogP contribution in [0.5, 0.6) is 0 Å². The van der Waals surface area contributed by atoms with E-state index < -0.39 is 4.92 Å². The topological polar surface area (TPSA) is 106 Å². The lowest BCUT2D eigenvalue weighted by atomic mass is 10.1. The number of non-ortho nitro benzene ring substituents is 1. The average Bonchev–Trinajstić information content (AvgIpc) is 3.47. The van der Waals surface area contributed by atoms with Gasteiger partial charge in [0.15, 0.2) is 5.76 Å². The number of furan rings is 2. The monoisotopic (exact) mass is 389 g/mol. The molecule has 0 N–H and O–H groups in total. The minimum Gasteiger partial charge on any atom is -0.463 e. The molecule has 4 rings (SSSR count). The predicted molar refractivity (Wildman–Crippen MR) is 104 cm³/mol. The minimum atomic E-state index is -0.458. The summed E-state index contributed by atoms with van der Waals surface area (Å²) in [6.45, 7) is 0. The van der Waals surface area contributed by atoms with Crippen molar-refractivity contribution in [3.63, 3.8) is 0 Å². The Morgan fingerprint density at radius 3 is 2.86 bits per heavy atom. The molecule has 0 unspecified atom stereocenters. The van der Waals surface area contributed by atoms with Crippen LogP contribution in [0.15, 0.2) is 69.0 Å². The number of allylic oxidation sites excluding steroid dienone is 1. The van der Waals surface area contributed by atoms with E-state index in [-0.39, 0.29) is 5.69 Å². The molecule has 0 radical (unpaired) electrons. The van der Waals surface area contributed by atoms with Gasteiger partial charge < -0.3 is 8.83 Å². The first-order chi connectivity index (χ1) is 13.6. The lowest BCUT2D eigenvalue weighted by Crippen LogP contribution is -1.87. The molecule has 3 aromatic heterocycles. The van der Waals surface area contributed by atoms with Crippen LogP contribution >= 0.6 is 11.3 Å². The third kappa shape index (κ3) is 3.47. The molecule has 28 heavy (non-hydrogen) atoms. The predicted octanol–water partition coefficient (Wildman–Crippen LogP) is 5.64. The summed E-state index contributed by atoms with van der Waals surface area (Å²) in [6, 6.07) is 15.3. The van der Waals surface area contributed by atoms with Crippen molar-refractivity contribution in [3.05, 3.63) is 81.1 Å². The van der Waals surface area contributed by atoms with Gasteiger partial charge >= 0.3 is 0 Å². The Bertz CT molecular complexity index is 1210. The van der Waals surface area contributed by atoms with Crippen molar-refractivity contribution < 1.29 is 13.8 Å². The highest BCUT2D eigenvalue weighted by atomic mass is 32.1. The zero-order chi connectivity index (χ0) is 19.5. The van der Waals surface area contributed by atoms with Gasteiger partial charge in [-0.15, -0.1) is 11.3 Å². The largest absolute Gasteiger partial charge is 0.463 e. The first-order valence-electron chi connectivity index (χ1n) is 8.10. The number of aromatic nitrogens is 1. The van der Waals surface area contributed by atoms with E-state index in [0.717, 1.165) is 0 Å². The van der Waals surface area contributed by atoms with Crippen molar-refractivity contribution in [3.8, 4) is 28.8 Å². The van der Waals surface area contributed by atoms with Crippen LogP contribution in [0.4, 0.5) is 5.69 Å². The molecule has 0 saturated heterocycles. The molecule has 0 aliphatic rings. The molecule has 8 heteroatoms. The van der Waals surface area contributed by atoms with Gasteiger partial charge in [-0.2, -0.15) is 5.26 Å². The van der Waals surface area contributed by atoms with Crippen LogP contribution < -0.4 is 0 Å². The summed E-state index contributed by atoms with van der Waals surface area (Å²) in [5, 5.41) is 22.8. The van der Waals surface area contributed by atoms with Crippen LogP contribution in [-0.2, 0) is 0 Å². The molecule has 0 spiro atoms. The molecule has 0 fully saturated rings. The van der Waals surface area contributed by atoms with Crippen LogP contribution in [0, 0.1) is 21.4 Å². The maximum absolute atomic E-state index is 10.9. The van der Waals surface area contributed by atoms with Gasteiger partial charge in [0, 0.05) is 29.2 Å². The van der Waals surface area contributed by atoms with Gasteiger partial charge in [0.2, 0.25) is 0 Å². The van der Waals surface area contributed by atoms with Crippen LogP contribution in [0.1, 0.15) is 10.8 Å². The Morgan fingerprint density at radius 2 is 2.11 bits per heavy atom. The van der Waals surface area contributed by atoms with Gasteiger partial charge in [0.25, 0.3) is 5.69 Å². The summed E-state index contributed by atoms with van der Waals surface area (Å²) >= 11 is 1.33. The molecule has 3 heterocycles. The van der Waals surface area contributed by atoms with Crippen LogP contribution in [-0.4, -0.2) is 9.91 Å². The van der Waals surface area contributed by atoms with Gasteiger partial charge in [-0.1, -0.05) is 12.1 Å². The number of rotatable bonds is 5. The number of nitro groups is 1. The smallest absolute Gasteiger partial charge is 0.270 e. The van der Waals surface area contributed by atoms with Crippen molar-refractivity contribution >= 4 is 28.7 Å². The zero-order valence-electron chi connectivity index (χ0n) is 14.2. The van der Waals surface area contributed by atoms with Crippen molar-refractivity contribution in [1.29, 1.82) is 5.26 Å². The number of thiazole rings is 1. The Balaban J connectivity index is 1.63. The standard InChI is InChI=1S/C20H11N3O4S/c21-11-14(20-22-17(12-28-20)19-5-2-8-26-19)10-16-6-7-18(27-16)13-3-1-4-15(9-13)23(24)25/h1-10,12H/b14-10+. The number of hydrogen-bond acceptors (Lipinski definition) is 7. The lowest BCUT2D eigenvalue weighted by molar-refractivity contribution is -0.384. The van der Waals surface area contributed by atoms with Crippen LogP contribution in [0.3, 0.4) is 0 Å². The SMILES string of the molecule is N#C/C(=C\c1ccc(-c2cccc([N+](=O)[O-])c2)o1)c1nc(-c2ccco2)cs1. The summed E-state index contributed by atoms with van der Waals surface area (Å²) in [6.07, 6.45) is 3.15. The van der Waals surface area contributed by atoms with Gasteiger partial charge in [-0.25, -0.2) is 4.98 Å². The fraction of sp³-hybridized carbons (Fsp3) is 0. The van der Waals surface area contributed by atoms with Gasteiger partial charge in [0.05, 0.1) is 16.8 Å². The van der Waals surface area contributed by atoms with Crippen LogP contribution in [0.2, 0.25) is 0 Å². The average molecular weight is 389 g/mol. The highest BCUT2D eigenvalue weighted by Gasteiger charge is 2.13. The molecule has 7 nitrogen and oxygen atoms in total. The molecule has 0 bridgehead atoms. The normalized spacial score (nSPS) is 11.3. The second-order valence-corrected chi connectivity index (χ2v) is 6.55. The summed E-state index contributed by atoms with van der Waals surface area (Å²) < 4.78 is 11.1. The quantitative estimate of drug-likeness (QED) is 0.248. The Hall–Kier alpha value is -3.96. The number of hydrogen-bond donors (Lipinski definition) is 0. The van der Waals surface area contributed by atoms with Gasteiger partial charge in [-0.3, -0.25) is 10.1 Å². The van der Waals surface area contributed by atoms with E-state index in [9.17, 15) is 15.4 Å². The fourth-order valence-corrected chi connectivity index (χ4v) is 3.35. The third-order valence-electron chi connectivity index (χ3n) is 3.88. The molecule has 1 aromatic carbocycles. The number of nitro benzene ring substituents is 1. The van der Waals surface area contributed by atoms with E-state index in [4.69, 9.17) is 8.83 Å². The molecule has 4 aromatic rings. The third-order valence-corrected chi connectivity index (χ3v) is 4.76. The Labute approximate surface area is 163 Å². The molecular weight excluding hydrogens is 378 g/mol. The van der Waals surface area contributed by atoms with E-state index in [1.165, 1.54) is 23.5 Å². The highest BCUT2D eigenvalue weighted by Crippen LogP contribution is 2.30. The van der Waals surface area contributed by atoms with Crippen molar-refractivity contribution in [2.75, 3.05) is 0 Å². The molecule has 0 amide bonds. The van der Waals surface area contributed by atoms with Crippen molar-refractivity contribution in [1.82, 2.24) is 4.98 Å². The van der Waals surface area contributed by atoms with Gasteiger partial charge in [-0.05, 0) is 24.3 Å². The minimum absolute atomic E-state index is 0.0167. The first kappa shape index (κ1) is 17.5. The van der Waals surface area contributed by atoms with E-state index in [1.807, 2.05) is 5.38 Å². The maximum Gasteiger partial charge on any atom is 0.270 e. The molecule has 0 saturated carbocycles. The highest BCUT2D eigenvalue weighted by molar-refractivity contribution is 7.11. The van der Waals surface area contributed by atoms with Crippen molar-refractivity contribution in [2.45, 2.75) is 0 Å². The number of nitrogens with zero attached hydrogens (tertiary/aromatic N) is 3. The number of benzene rings is 1. The fourth-order valence-electron chi connectivity index (χ4n) is 2.58. The lowest BCUT2D eigenvalue weighted by Gasteiger charge is -1.97. The van der Waals surface area contributed by atoms with E-state index in [2.05, 4.69) is 11.1 Å². The van der Waals surface area contributed by atoms with E-state index in [0.29, 0.717) is 39.1 Å². The van der Waals surface area contributed by atoms with E-state index in [1.54, 1.807) is 48.7 Å². The van der Waals surface area contributed by atoms with Gasteiger partial charge in [0.1, 0.15) is 28.3 Å².